The van der Waals surface area contributed by atoms with Crippen LogP contribution in [0.5, 0.6) is 0 Å². The number of β-amino-alcohol motifs (C(OH)–C–C–N with tert-alkyl or cyclic N) is 1. The topological polar surface area (TPSA) is 79.6 Å². The van der Waals surface area contributed by atoms with E-state index >= 15 is 0 Å². The molecule has 6 heteroatoms. The third-order valence-corrected chi connectivity index (χ3v) is 4.76. The number of aliphatic hydroxyl groups is 1. The average molecular weight is 308 g/mol. The van der Waals surface area contributed by atoms with Crippen LogP contribution in [-0.2, 0) is 4.79 Å². The van der Waals surface area contributed by atoms with Crippen molar-refractivity contribution in [1.82, 2.24) is 15.1 Å². The van der Waals surface area contributed by atoms with E-state index in [4.69, 9.17) is 0 Å². The van der Waals surface area contributed by atoms with E-state index in [9.17, 15) is 15.2 Å². The Morgan fingerprint density at radius 2 is 2.14 bits per heavy atom. The van der Waals surface area contributed by atoms with Gasteiger partial charge in [-0.2, -0.15) is 5.26 Å². The molecule has 0 bridgehead atoms. The van der Waals surface area contributed by atoms with E-state index in [-0.39, 0.29) is 12.0 Å². The largest absolute Gasteiger partial charge is 0.392 e. The zero-order valence-electron chi connectivity index (χ0n) is 13.7. The summed E-state index contributed by atoms with van der Waals surface area (Å²) in [6.45, 7) is 7.47. The van der Waals surface area contributed by atoms with Crippen molar-refractivity contribution < 1.29 is 9.90 Å². The number of rotatable bonds is 5. The van der Waals surface area contributed by atoms with Gasteiger partial charge in [-0.05, 0) is 39.5 Å². The SMILES string of the molecule is C[C@H](O)CN1CCN(CC(=O)NC2(C#N)CCCC2)C[C@@H]1C. The average Bonchev–Trinajstić information content (AvgIpc) is 2.90. The Hall–Kier alpha value is -1.16. The van der Waals surface area contributed by atoms with E-state index in [0.717, 1.165) is 45.3 Å². The van der Waals surface area contributed by atoms with E-state index < -0.39 is 5.54 Å². The number of piperazine rings is 1. The monoisotopic (exact) mass is 308 g/mol. The minimum absolute atomic E-state index is 0.0420. The van der Waals surface area contributed by atoms with E-state index in [1.807, 2.05) is 0 Å². The molecule has 22 heavy (non-hydrogen) atoms. The van der Waals surface area contributed by atoms with Crippen molar-refractivity contribution in [3.05, 3.63) is 0 Å². The standard InChI is InChI=1S/C16H28N4O2/c1-13-9-19(7-8-20(13)10-14(2)21)11-15(22)18-16(12-17)5-3-4-6-16/h13-14,21H,3-11H2,1-2H3,(H,18,22)/t13-,14-/m0/s1. The number of amides is 1. The molecule has 0 aromatic rings. The molecular formula is C16H28N4O2. The van der Waals surface area contributed by atoms with E-state index in [1.54, 1.807) is 6.92 Å². The van der Waals surface area contributed by atoms with Gasteiger partial charge in [0, 0.05) is 32.2 Å². The number of carbonyl (C=O) groups is 1. The summed E-state index contributed by atoms with van der Waals surface area (Å²) < 4.78 is 0. The molecule has 1 heterocycles. The van der Waals surface area contributed by atoms with Crippen LogP contribution in [-0.4, -0.2) is 71.2 Å². The Morgan fingerprint density at radius 3 is 2.68 bits per heavy atom. The fraction of sp³-hybridized carbons (Fsp3) is 0.875. The highest BCUT2D eigenvalue weighted by molar-refractivity contribution is 5.79. The predicted molar refractivity (Wildman–Crippen MR) is 84.1 cm³/mol. The molecule has 0 unspecified atom stereocenters. The maximum absolute atomic E-state index is 12.2. The summed E-state index contributed by atoms with van der Waals surface area (Å²) in [5.41, 5.74) is -0.628. The lowest BCUT2D eigenvalue weighted by Gasteiger charge is -2.40. The van der Waals surface area contributed by atoms with Gasteiger partial charge in [-0.1, -0.05) is 0 Å². The number of nitrogens with zero attached hydrogens (tertiary/aromatic N) is 3. The summed E-state index contributed by atoms with van der Waals surface area (Å²) in [6, 6.07) is 2.62. The number of carbonyl (C=O) groups excluding carboxylic acids is 1. The molecule has 2 aliphatic rings. The third-order valence-electron chi connectivity index (χ3n) is 4.76. The highest BCUT2D eigenvalue weighted by Crippen LogP contribution is 2.28. The van der Waals surface area contributed by atoms with Crippen molar-refractivity contribution >= 4 is 5.91 Å². The van der Waals surface area contributed by atoms with Gasteiger partial charge in [0.15, 0.2) is 0 Å². The summed E-state index contributed by atoms with van der Waals surface area (Å²) in [5, 5.41) is 21.8. The molecule has 0 aromatic carbocycles. The molecule has 1 aliphatic carbocycles. The molecule has 2 fully saturated rings. The smallest absolute Gasteiger partial charge is 0.235 e. The quantitative estimate of drug-likeness (QED) is 0.765. The van der Waals surface area contributed by atoms with Gasteiger partial charge in [-0.15, -0.1) is 0 Å². The maximum Gasteiger partial charge on any atom is 0.235 e. The molecule has 1 amide bonds. The number of hydrogen-bond donors (Lipinski definition) is 2. The summed E-state index contributed by atoms with van der Waals surface area (Å²) >= 11 is 0. The van der Waals surface area contributed by atoms with Crippen molar-refractivity contribution in [2.24, 2.45) is 0 Å². The van der Waals surface area contributed by atoms with Crippen molar-refractivity contribution in [1.29, 1.82) is 5.26 Å². The van der Waals surface area contributed by atoms with E-state index in [1.165, 1.54) is 0 Å². The van der Waals surface area contributed by atoms with Gasteiger partial charge in [-0.3, -0.25) is 14.6 Å². The first-order chi connectivity index (χ1) is 10.4. The number of hydrogen-bond acceptors (Lipinski definition) is 5. The molecule has 0 radical (unpaired) electrons. The molecule has 124 valence electrons. The van der Waals surface area contributed by atoms with Crippen LogP contribution in [0.15, 0.2) is 0 Å². The van der Waals surface area contributed by atoms with Crippen LogP contribution >= 0.6 is 0 Å². The van der Waals surface area contributed by atoms with Crippen molar-refractivity contribution in [2.75, 3.05) is 32.7 Å². The van der Waals surface area contributed by atoms with Gasteiger partial charge in [0.1, 0.15) is 5.54 Å². The molecule has 2 N–H and O–H groups in total. The van der Waals surface area contributed by atoms with Crippen LogP contribution < -0.4 is 5.32 Å². The van der Waals surface area contributed by atoms with Crippen LogP contribution in [0.4, 0.5) is 0 Å². The summed E-state index contributed by atoms with van der Waals surface area (Å²) in [7, 11) is 0. The predicted octanol–water partition coefficient (Wildman–Crippen LogP) is 0.326. The molecule has 0 spiro atoms. The first-order valence-corrected chi connectivity index (χ1v) is 8.31. The van der Waals surface area contributed by atoms with E-state index in [0.29, 0.717) is 19.1 Å². The van der Waals surface area contributed by atoms with Crippen molar-refractivity contribution in [2.45, 2.75) is 57.2 Å². The zero-order valence-corrected chi connectivity index (χ0v) is 13.7. The molecule has 1 saturated carbocycles. The highest BCUT2D eigenvalue weighted by atomic mass is 16.3. The highest BCUT2D eigenvalue weighted by Gasteiger charge is 2.36. The molecule has 0 aromatic heterocycles. The van der Waals surface area contributed by atoms with Crippen molar-refractivity contribution in [3.8, 4) is 6.07 Å². The normalized spacial score (nSPS) is 27.3. The number of aliphatic hydroxyl groups excluding tert-OH is 1. The second kappa shape index (κ2) is 7.40. The summed E-state index contributed by atoms with van der Waals surface area (Å²) in [6.07, 6.45) is 3.25. The molecule has 2 rings (SSSR count). The van der Waals surface area contributed by atoms with E-state index in [2.05, 4.69) is 28.1 Å². The first kappa shape index (κ1) is 17.2. The minimum atomic E-state index is -0.628. The Bertz CT molecular complexity index is 426. The molecule has 1 saturated heterocycles. The van der Waals surface area contributed by atoms with Gasteiger partial charge in [0.25, 0.3) is 0 Å². The lowest BCUT2D eigenvalue weighted by molar-refractivity contribution is -0.124. The number of nitrogens with one attached hydrogen (secondary N) is 1. The Balaban J connectivity index is 1.80. The molecule has 2 atom stereocenters. The fourth-order valence-electron chi connectivity index (χ4n) is 3.58. The second-order valence-electron chi connectivity index (χ2n) is 6.88. The molecule has 6 nitrogen and oxygen atoms in total. The van der Waals surface area contributed by atoms with Gasteiger partial charge in [0.05, 0.1) is 18.7 Å². The third kappa shape index (κ3) is 4.42. The van der Waals surface area contributed by atoms with Gasteiger partial charge in [-0.25, -0.2) is 0 Å². The first-order valence-electron chi connectivity index (χ1n) is 8.31. The summed E-state index contributed by atoms with van der Waals surface area (Å²) in [5.74, 6) is -0.0420. The maximum atomic E-state index is 12.2. The molecule has 1 aliphatic heterocycles. The van der Waals surface area contributed by atoms with Crippen LogP contribution in [0.3, 0.4) is 0 Å². The van der Waals surface area contributed by atoms with Crippen molar-refractivity contribution in [3.63, 3.8) is 0 Å². The van der Waals surface area contributed by atoms with Gasteiger partial charge >= 0.3 is 0 Å². The lowest BCUT2D eigenvalue weighted by atomic mass is 10.00. The molecular weight excluding hydrogens is 280 g/mol. The summed E-state index contributed by atoms with van der Waals surface area (Å²) in [4.78, 5) is 16.6. The van der Waals surface area contributed by atoms with Crippen LogP contribution in [0, 0.1) is 11.3 Å². The van der Waals surface area contributed by atoms with Gasteiger partial charge < -0.3 is 10.4 Å². The Labute approximate surface area is 133 Å². The number of nitriles is 1. The second-order valence-corrected chi connectivity index (χ2v) is 6.88. The Morgan fingerprint density at radius 1 is 1.45 bits per heavy atom. The minimum Gasteiger partial charge on any atom is -0.392 e. The van der Waals surface area contributed by atoms with Crippen LogP contribution in [0.1, 0.15) is 39.5 Å². The zero-order chi connectivity index (χ0) is 16.2. The van der Waals surface area contributed by atoms with Crippen LogP contribution in [0.2, 0.25) is 0 Å². The lowest BCUT2D eigenvalue weighted by Crippen LogP contribution is -2.56. The van der Waals surface area contributed by atoms with Crippen LogP contribution in [0.25, 0.3) is 0 Å². The Kier molecular flexibility index (Phi) is 5.79. The fourth-order valence-corrected chi connectivity index (χ4v) is 3.58. The van der Waals surface area contributed by atoms with Gasteiger partial charge in [0.2, 0.25) is 5.91 Å².